The summed E-state index contributed by atoms with van der Waals surface area (Å²) in [5.41, 5.74) is 7.67. The Kier molecular flexibility index (Phi) is 7.87. The molecule has 1 unspecified atom stereocenters. The van der Waals surface area contributed by atoms with Gasteiger partial charge in [-0.15, -0.1) is 0 Å². The molecule has 0 spiro atoms. The largest absolute Gasteiger partial charge is 0.493 e. The third-order valence-electron chi connectivity index (χ3n) is 7.76. The van der Waals surface area contributed by atoms with Crippen molar-refractivity contribution in [3.05, 3.63) is 107 Å². The molecular weight excluding hydrogens is 500 g/mol. The van der Waals surface area contributed by atoms with Crippen molar-refractivity contribution in [2.45, 2.75) is 52.0 Å². The second kappa shape index (κ2) is 12.0. The van der Waals surface area contributed by atoms with Crippen LogP contribution in [0.4, 0.5) is 0 Å². The second-order valence-electron chi connectivity index (χ2n) is 10.4. The highest BCUT2D eigenvalue weighted by Crippen LogP contribution is 2.43. The predicted molar refractivity (Wildman–Crippen MR) is 156 cm³/mol. The van der Waals surface area contributed by atoms with Crippen LogP contribution in [0.5, 0.6) is 17.2 Å². The number of methoxy groups -OCH3 is 1. The average molecular weight is 537 g/mol. The van der Waals surface area contributed by atoms with Gasteiger partial charge in [-0.25, -0.2) is 0 Å². The molecule has 2 aliphatic heterocycles. The molecule has 6 rings (SSSR count). The van der Waals surface area contributed by atoms with Gasteiger partial charge in [-0.1, -0.05) is 60.7 Å². The Hall–Kier alpha value is -4.03. The molecule has 3 heterocycles. The Morgan fingerprint density at radius 3 is 2.25 bits per heavy atom. The van der Waals surface area contributed by atoms with Crippen LogP contribution in [0.3, 0.4) is 0 Å². The lowest BCUT2D eigenvalue weighted by Gasteiger charge is -2.28. The fraction of sp³-hybridized carbons (Fsp3) is 0.324. The number of rotatable bonds is 9. The van der Waals surface area contributed by atoms with Crippen LogP contribution >= 0.6 is 0 Å². The maximum Gasteiger partial charge on any atom is 0.164 e. The summed E-state index contributed by atoms with van der Waals surface area (Å²) in [5, 5.41) is 0. The van der Waals surface area contributed by atoms with Crippen molar-refractivity contribution in [2.24, 2.45) is 4.99 Å². The van der Waals surface area contributed by atoms with E-state index in [9.17, 15) is 0 Å². The molecule has 40 heavy (non-hydrogen) atoms. The van der Waals surface area contributed by atoms with Gasteiger partial charge in [0.1, 0.15) is 24.5 Å². The zero-order chi connectivity index (χ0) is 27.3. The first kappa shape index (κ1) is 26.2. The van der Waals surface area contributed by atoms with E-state index in [1.165, 1.54) is 0 Å². The third-order valence-corrected chi connectivity index (χ3v) is 7.76. The van der Waals surface area contributed by atoms with Crippen LogP contribution in [0.1, 0.15) is 35.1 Å². The third kappa shape index (κ3) is 5.50. The molecule has 0 bridgehead atoms. The first-order valence-electron chi connectivity index (χ1n) is 14.1. The van der Waals surface area contributed by atoms with Crippen LogP contribution in [0.25, 0.3) is 11.3 Å². The summed E-state index contributed by atoms with van der Waals surface area (Å²) in [5.74, 6) is 2.40. The molecule has 1 fully saturated rings. The van der Waals surface area contributed by atoms with Crippen LogP contribution in [0.2, 0.25) is 0 Å². The minimum absolute atomic E-state index is 0.187. The van der Waals surface area contributed by atoms with Gasteiger partial charge in [-0.05, 0) is 49.4 Å². The first-order chi connectivity index (χ1) is 19.7. The summed E-state index contributed by atoms with van der Waals surface area (Å²) in [7, 11) is 1.72. The number of fused-ring (bicyclic) bond motifs is 3. The van der Waals surface area contributed by atoms with Gasteiger partial charge >= 0.3 is 0 Å². The lowest BCUT2D eigenvalue weighted by Crippen LogP contribution is -2.29. The van der Waals surface area contributed by atoms with Crippen molar-refractivity contribution in [1.29, 1.82) is 0 Å². The molecule has 1 saturated heterocycles. The normalized spacial score (nSPS) is 16.4. The molecule has 0 aliphatic carbocycles. The smallest absolute Gasteiger partial charge is 0.164 e. The lowest BCUT2D eigenvalue weighted by atomic mass is 9.93. The van der Waals surface area contributed by atoms with E-state index in [1.807, 2.05) is 42.5 Å². The van der Waals surface area contributed by atoms with Crippen LogP contribution in [-0.4, -0.2) is 30.9 Å². The summed E-state index contributed by atoms with van der Waals surface area (Å²) < 4.78 is 26.8. The van der Waals surface area contributed by atoms with Crippen molar-refractivity contribution < 1.29 is 18.9 Å². The molecule has 6 heteroatoms. The Morgan fingerprint density at radius 2 is 1.60 bits per heavy atom. The monoisotopic (exact) mass is 536 g/mol. The average Bonchev–Trinajstić information content (AvgIpc) is 3.53. The Morgan fingerprint density at radius 1 is 0.900 bits per heavy atom. The van der Waals surface area contributed by atoms with E-state index in [0.29, 0.717) is 19.8 Å². The molecule has 0 saturated carbocycles. The minimum Gasteiger partial charge on any atom is -0.493 e. The van der Waals surface area contributed by atoms with Gasteiger partial charge in [-0.3, -0.25) is 4.99 Å². The van der Waals surface area contributed by atoms with Gasteiger partial charge < -0.3 is 23.5 Å². The molecular formula is C34H36N2O4. The highest BCUT2D eigenvalue weighted by Gasteiger charge is 2.26. The number of benzene rings is 3. The molecule has 4 aromatic rings. The van der Waals surface area contributed by atoms with Crippen molar-refractivity contribution >= 4 is 0 Å². The van der Waals surface area contributed by atoms with Crippen molar-refractivity contribution in [3.63, 3.8) is 0 Å². The lowest BCUT2D eigenvalue weighted by molar-refractivity contribution is 0.117. The van der Waals surface area contributed by atoms with Crippen LogP contribution in [0.15, 0.2) is 83.9 Å². The number of hydrogen-bond acceptors (Lipinski definition) is 5. The zero-order valence-electron chi connectivity index (χ0n) is 23.3. The highest BCUT2D eigenvalue weighted by molar-refractivity contribution is 5.75. The topological polar surface area (TPSA) is 54.2 Å². The second-order valence-corrected chi connectivity index (χ2v) is 10.4. The summed E-state index contributed by atoms with van der Waals surface area (Å²) in [6.07, 6.45) is 3.18. The van der Waals surface area contributed by atoms with E-state index in [-0.39, 0.29) is 6.10 Å². The fourth-order valence-electron chi connectivity index (χ4n) is 5.68. The van der Waals surface area contributed by atoms with Gasteiger partial charge in [0, 0.05) is 35.9 Å². The summed E-state index contributed by atoms with van der Waals surface area (Å²) in [6, 6.07) is 26.7. The van der Waals surface area contributed by atoms with Gasteiger partial charge in [0.05, 0.1) is 25.5 Å². The van der Waals surface area contributed by atoms with Crippen molar-refractivity contribution in [1.82, 2.24) is 4.57 Å². The predicted octanol–water partition coefficient (Wildman–Crippen LogP) is 6.27. The van der Waals surface area contributed by atoms with Gasteiger partial charge in [0.25, 0.3) is 0 Å². The number of aromatic nitrogens is 1. The van der Waals surface area contributed by atoms with Crippen molar-refractivity contribution in [2.75, 3.05) is 20.3 Å². The van der Waals surface area contributed by atoms with E-state index < -0.39 is 0 Å². The maximum atomic E-state index is 6.42. The highest BCUT2D eigenvalue weighted by atomic mass is 16.5. The van der Waals surface area contributed by atoms with Crippen LogP contribution in [-0.2, 0) is 30.9 Å². The van der Waals surface area contributed by atoms with Crippen molar-refractivity contribution in [3.8, 4) is 28.5 Å². The van der Waals surface area contributed by atoms with E-state index >= 15 is 0 Å². The van der Waals surface area contributed by atoms with E-state index in [2.05, 4.69) is 47.9 Å². The first-order valence-corrected chi connectivity index (χ1v) is 14.1. The molecule has 0 N–H and O–H groups in total. The molecule has 0 amide bonds. The van der Waals surface area contributed by atoms with Gasteiger partial charge in [-0.2, -0.15) is 0 Å². The van der Waals surface area contributed by atoms with Gasteiger partial charge in [0.2, 0.25) is 0 Å². The molecule has 2 aliphatic rings. The van der Waals surface area contributed by atoms with E-state index in [4.69, 9.17) is 23.9 Å². The summed E-state index contributed by atoms with van der Waals surface area (Å²) in [4.78, 5) is 5.06. The molecule has 1 aromatic heterocycles. The molecule has 1 atom stereocenters. The Balaban J connectivity index is 1.39. The summed E-state index contributed by atoms with van der Waals surface area (Å²) >= 11 is 0. The number of ether oxygens (including phenoxy) is 4. The maximum absolute atomic E-state index is 6.42. The van der Waals surface area contributed by atoms with E-state index in [1.54, 1.807) is 7.11 Å². The summed E-state index contributed by atoms with van der Waals surface area (Å²) in [6.45, 7) is 5.40. The Bertz CT molecular complexity index is 1520. The fourth-order valence-corrected chi connectivity index (χ4v) is 5.68. The quantitative estimate of drug-likeness (QED) is 0.253. The molecule has 206 valence electrons. The van der Waals surface area contributed by atoms with Crippen LogP contribution in [0, 0.1) is 6.92 Å². The van der Waals surface area contributed by atoms with E-state index in [0.717, 1.165) is 88.7 Å². The molecule has 0 radical (unpaired) electrons. The number of pyridine rings is 1. The Labute approximate surface area is 235 Å². The molecule has 3 aromatic carbocycles. The molecule has 6 nitrogen and oxygen atoms in total. The SMILES string of the molecule is COc1c(OCc2ccccc2)ccc2c1CCn1c-2c(C)c(OCc2ccccc2)c/c1=N\CC1CCCO1. The number of nitrogens with zero attached hydrogens (tertiary/aromatic N) is 2. The minimum atomic E-state index is 0.187. The zero-order valence-corrected chi connectivity index (χ0v) is 23.3. The number of hydrogen-bond donors (Lipinski definition) is 0. The standard InChI is InChI=1S/C34H36N2O4/c1-24-31(40-23-26-12-7-4-8-13-26)20-32(35-21-27-14-9-19-38-27)36-18-17-29-28(33(24)36)15-16-30(34(29)37-2)39-22-25-10-5-3-6-11-25/h3-8,10-13,15-16,20,27H,9,14,17-19,21-23H2,1-2H3/b35-32+. The van der Waals surface area contributed by atoms with Gasteiger partial charge in [0.15, 0.2) is 11.5 Å². The van der Waals surface area contributed by atoms with Crippen LogP contribution < -0.4 is 19.7 Å².